The number of phenolic OH excluding ortho intramolecular Hbond substituents is 3. The summed E-state index contributed by atoms with van der Waals surface area (Å²) in [4.78, 5) is 38.0. The fraction of sp³-hybridized carbons (Fsp3) is 0.0667. The zero-order valence-electron chi connectivity index (χ0n) is 32.6. The number of ether oxygens (including phenoxy) is 2. The predicted molar refractivity (Wildman–Crippen MR) is 226 cm³/mol. The summed E-state index contributed by atoms with van der Waals surface area (Å²) in [5.74, 6) is -0.765. The Hall–Kier alpha value is -8.18. The van der Waals surface area contributed by atoms with E-state index in [4.69, 9.17) is 23.0 Å². The van der Waals surface area contributed by atoms with E-state index in [0.717, 1.165) is 4.48 Å². The number of benzene rings is 5. The smallest absolute Gasteiger partial charge is 0.315 e. The van der Waals surface area contributed by atoms with Crippen molar-refractivity contribution in [2.45, 2.75) is 20.3 Å². The molecule has 16 nitrogen and oxygen atoms in total. The van der Waals surface area contributed by atoms with Gasteiger partial charge < -0.3 is 38.4 Å². The fourth-order valence-corrected chi connectivity index (χ4v) is 6.71. The molecule has 0 aliphatic carbocycles. The Balaban J connectivity index is 0.953. The second-order valence-electron chi connectivity index (χ2n) is 13.4. The highest BCUT2D eigenvalue weighted by Crippen LogP contribution is 2.41. The number of nitrogens with zero attached hydrogens (tertiary/aromatic N) is 6. The number of phenols is 3. The van der Waals surface area contributed by atoms with Crippen LogP contribution in [0.3, 0.4) is 0 Å². The minimum atomic E-state index is -0.642. The van der Waals surface area contributed by atoms with Crippen molar-refractivity contribution in [2.24, 2.45) is 0 Å². The molecule has 5 aromatic carbocycles. The molecule has 0 bridgehead atoms. The molecule has 0 saturated carbocycles. The molecule has 3 aromatic heterocycles. The molecule has 0 amide bonds. The standard InChI is InChI=1S/C45H31BrN6O10/c1-4-27(23(2)46)40-47-45(62-50-40)33-13-9-12-28(39(33)57)26-17-19-29(35(55)22-26)41-48-43(60-51-41)30-18-16-25(20-34(30)54)21-38(56)59-36-14-7-5-10-31(36)42-49-44(61-52-42)32-11-6-8-15-37(32)58-24(3)53/h4-20,22,54-55,57H,1,21H2,2-3H3/b27-23-. The number of carbonyl (C=O) groups is 2. The summed E-state index contributed by atoms with van der Waals surface area (Å²) in [7, 11) is 0. The average Bonchev–Trinajstić information content (AvgIpc) is 4.04. The van der Waals surface area contributed by atoms with Gasteiger partial charge >= 0.3 is 11.9 Å². The van der Waals surface area contributed by atoms with Crippen molar-refractivity contribution in [3.8, 4) is 97.0 Å². The number of para-hydroxylation sites is 3. The summed E-state index contributed by atoms with van der Waals surface area (Å²) < 4.78 is 28.1. The number of hydrogen-bond acceptors (Lipinski definition) is 16. The molecule has 0 unspecified atom stereocenters. The van der Waals surface area contributed by atoms with Gasteiger partial charge in [0.05, 0.1) is 34.2 Å². The van der Waals surface area contributed by atoms with Gasteiger partial charge in [0, 0.05) is 22.5 Å². The lowest BCUT2D eigenvalue weighted by Gasteiger charge is -2.09. The zero-order chi connectivity index (χ0) is 43.5. The fourth-order valence-electron chi connectivity index (χ4n) is 6.37. The van der Waals surface area contributed by atoms with Crippen LogP contribution in [0, 0.1) is 0 Å². The number of aromatic hydroxyl groups is 3. The Morgan fingerprint density at radius 1 is 0.645 bits per heavy atom. The number of hydrogen-bond donors (Lipinski definition) is 3. The monoisotopic (exact) mass is 894 g/mol. The Bertz CT molecular complexity index is 3060. The normalized spacial score (nSPS) is 11.5. The Morgan fingerprint density at radius 2 is 1.23 bits per heavy atom. The third-order valence-corrected chi connectivity index (χ3v) is 9.70. The van der Waals surface area contributed by atoms with E-state index in [2.05, 4.69) is 52.9 Å². The molecule has 62 heavy (non-hydrogen) atoms. The summed E-state index contributed by atoms with van der Waals surface area (Å²) in [5.41, 5.74) is 3.36. The van der Waals surface area contributed by atoms with Crippen LogP contribution in [0.4, 0.5) is 0 Å². The second-order valence-corrected chi connectivity index (χ2v) is 14.6. The van der Waals surface area contributed by atoms with Crippen molar-refractivity contribution < 1.29 is 48.0 Å². The molecule has 8 aromatic rings. The average molecular weight is 896 g/mol. The molecule has 308 valence electrons. The molecule has 0 aliphatic heterocycles. The molecule has 0 fully saturated rings. The molecule has 0 aliphatic rings. The minimum absolute atomic E-state index is 0.0293. The maximum absolute atomic E-state index is 13.2. The zero-order valence-corrected chi connectivity index (χ0v) is 34.2. The highest BCUT2D eigenvalue weighted by Gasteiger charge is 2.23. The van der Waals surface area contributed by atoms with Gasteiger partial charge in [-0.2, -0.15) is 15.0 Å². The van der Waals surface area contributed by atoms with E-state index in [1.54, 1.807) is 91.0 Å². The summed E-state index contributed by atoms with van der Waals surface area (Å²) in [5, 5.41) is 45.3. The van der Waals surface area contributed by atoms with E-state index < -0.39 is 11.9 Å². The van der Waals surface area contributed by atoms with Gasteiger partial charge in [0.1, 0.15) is 28.7 Å². The number of aromatic nitrogens is 6. The first-order valence-corrected chi connectivity index (χ1v) is 19.3. The topological polar surface area (TPSA) is 230 Å². The number of carbonyl (C=O) groups excluding carboxylic acids is 2. The molecular weight excluding hydrogens is 864 g/mol. The first-order valence-electron chi connectivity index (χ1n) is 18.5. The van der Waals surface area contributed by atoms with Crippen LogP contribution in [0.1, 0.15) is 25.2 Å². The lowest BCUT2D eigenvalue weighted by molar-refractivity contribution is -0.134. The van der Waals surface area contributed by atoms with Crippen LogP contribution in [0.15, 0.2) is 134 Å². The van der Waals surface area contributed by atoms with Crippen LogP contribution in [0.25, 0.3) is 73.8 Å². The molecule has 0 saturated heterocycles. The van der Waals surface area contributed by atoms with Crippen molar-refractivity contribution in [1.82, 2.24) is 30.4 Å². The van der Waals surface area contributed by atoms with E-state index >= 15 is 0 Å². The maximum Gasteiger partial charge on any atom is 0.315 e. The lowest BCUT2D eigenvalue weighted by Crippen LogP contribution is -2.12. The predicted octanol–water partition coefficient (Wildman–Crippen LogP) is 9.34. The van der Waals surface area contributed by atoms with Gasteiger partial charge in [-0.05, 0) is 72.6 Å². The number of allylic oxidation sites excluding steroid dienone is 3. The Morgan fingerprint density at radius 3 is 1.90 bits per heavy atom. The Kier molecular flexibility index (Phi) is 11.3. The van der Waals surface area contributed by atoms with Crippen LogP contribution in [-0.4, -0.2) is 57.7 Å². The first kappa shape index (κ1) is 40.6. The summed E-state index contributed by atoms with van der Waals surface area (Å²) >= 11 is 3.40. The van der Waals surface area contributed by atoms with Gasteiger partial charge in [0.15, 0.2) is 0 Å². The van der Waals surface area contributed by atoms with E-state index in [9.17, 15) is 24.9 Å². The Labute approximate surface area is 359 Å². The van der Waals surface area contributed by atoms with Crippen molar-refractivity contribution in [1.29, 1.82) is 0 Å². The van der Waals surface area contributed by atoms with Crippen LogP contribution < -0.4 is 9.47 Å². The maximum atomic E-state index is 13.2. The van der Waals surface area contributed by atoms with E-state index in [-0.39, 0.29) is 81.2 Å². The van der Waals surface area contributed by atoms with Gasteiger partial charge in [-0.1, -0.05) is 92.6 Å². The van der Waals surface area contributed by atoms with Crippen molar-refractivity contribution in [2.75, 3.05) is 0 Å². The van der Waals surface area contributed by atoms with Gasteiger partial charge in [-0.25, -0.2) is 0 Å². The van der Waals surface area contributed by atoms with Crippen molar-refractivity contribution >= 4 is 33.4 Å². The van der Waals surface area contributed by atoms with E-state index in [0.29, 0.717) is 39.2 Å². The summed E-state index contributed by atoms with van der Waals surface area (Å²) in [6.07, 6.45) is 1.37. The quantitative estimate of drug-likeness (QED) is 0.0589. The number of esters is 2. The third kappa shape index (κ3) is 8.32. The molecule has 8 rings (SSSR count). The van der Waals surface area contributed by atoms with Crippen LogP contribution in [0.5, 0.6) is 28.7 Å². The molecule has 0 spiro atoms. The number of halogens is 1. The van der Waals surface area contributed by atoms with E-state index in [1.165, 1.54) is 25.1 Å². The molecule has 17 heteroatoms. The van der Waals surface area contributed by atoms with Crippen molar-refractivity contribution in [3.63, 3.8) is 0 Å². The van der Waals surface area contributed by atoms with Crippen LogP contribution in [0.2, 0.25) is 0 Å². The minimum Gasteiger partial charge on any atom is -0.507 e. The van der Waals surface area contributed by atoms with Crippen molar-refractivity contribution in [3.05, 3.63) is 132 Å². The second kappa shape index (κ2) is 17.2. The van der Waals surface area contributed by atoms with Crippen LogP contribution in [-0.2, 0) is 16.0 Å². The van der Waals surface area contributed by atoms with Gasteiger partial charge in [-0.15, -0.1) is 0 Å². The lowest BCUT2D eigenvalue weighted by atomic mass is 9.99. The summed E-state index contributed by atoms with van der Waals surface area (Å²) in [6, 6.07) is 27.5. The molecule has 0 atom stereocenters. The SMILES string of the molecule is C=C/C(=C(\C)Br)c1noc(-c2cccc(-c3ccc(-c4noc(-c5ccc(CC(=O)Oc6ccccc6-c6noc(-c7ccccc7OC(C)=O)n6)cc5O)n4)c(O)c3)c2O)n1. The van der Waals surface area contributed by atoms with Gasteiger partial charge in [0.2, 0.25) is 17.5 Å². The largest absolute Gasteiger partial charge is 0.507 e. The molecule has 0 radical (unpaired) electrons. The highest BCUT2D eigenvalue weighted by molar-refractivity contribution is 9.11. The van der Waals surface area contributed by atoms with Gasteiger partial charge in [0.25, 0.3) is 17.7 Å². The summed E-state index contributed by atoms with van der Waals surface area (Å²) in [6.45, 7) is 6.88. The first-order chi connectivity index (χ1) is 30.0. The van der Waals surface area contributed by atoms with Gasteiger partial charge in [-0.3, -0.25) is 9.59 Å². The van der Waals surface area contributed by atoms with Crippen LogP contribution >= 0.6 is 15.9 Å². The molecule has 3 heterocycles. The number of rotatable bonds is 12. The molecule has 3 N–H and O–H groups in total. The molecular formula is C45H31BrN6O10. The highest BCUT2D eigenvalue weighted by atomic mass is 79.9. The van der Waals surface area contributed by atoms with E-state index in [1.807, 2.05) is 6.92 Å². The third-order valence-electron chi connectivity index (χ3n) is 9.27.